The van der Waals surface area contributed by atoms with Crippen LogP contribution in [0.15, 0.2) is 18.5 Å². The number of likely N-dealkylation sites (N-methyl/N-ethyl adjacent to an activating group) is 1. The maximum atomic E-state index is 12.1. The number of anilines is 1. The molecule has 1 heterocycles. The van der Waals surface area contributed by atoms with E-state index in [0.717, 1.165) is 12.2 Å². The molecule has 1 aliphatic rings. The summed E-state index contributed by atoms with van der Waals surface area (Å²) >= 11 is 0. The molecule has 0 radical (unpaired) electrons. The normalized spacial score (nSPS) is 15.6. The summed E-state index contributed by atoms with van der Waals surface area (Å²) in [6.07, 6.45) is 8.56. The Morgan fingerprint density at radius 1 is 1.45 bits per heavy atom. The molecule has 1 aliphatic carbocycles. The third kappa shape index (κ3) is 3.70. The Balaban J connectivity index is 1.80. The van der Waals surface area contributed by atoms with Gasteiger partial charge < -0.3 is 15.5 Å². The Kier molecular flexibility index (Phi) is 5.35. The average molecular weight is 276 g/mol. The molecule has 1 fully saturated rings. The zero-order valence-corrected chi connectivity index (χ0v) is 12.4. The van der Waals surface area contributed by atoms with Crippen molar-refractivity contribution in [1.29, 1.82) is 0 Å². The van der Waals surface area contributed by atoms with Crippen LogP contribution in [-0.2, 0) is 0 Å². The molecule has 1 amide bonds. The van der Waals surface area contributed by atoms with Crippen LogP contribution in [0.25, 0.3) is 0 Å². The van der Waals surface area contributed by atoms with E-state index in [1.807, 2.05) is 0 Å². The van der Waals surface area contributed by atoms with Gasteiger partial charge in [0.15, 0.2) is 0 Å². The molecule has 0 unspecified atom stereocenters. The maximum Gasteiger partial charge on any atom is 0.253 e. The molecule has 5 nitrogen and oxygen atoms in total. The van der Waals surface area contributed by atoms with Gasteiger partial charge in [-0.3, -0.25) is 9.78 Å². The van der Waals surface area contributed by atoms with Gasteiger partial charge in [0.05, 0.1) is 17.4 Å². The number of nitrogens with one attached hydrogen (secondary N) is 2. The van der Waals surface area contributed by atoms with E-state index in [1.165, 1.54) is 25.7 Å². The smallest absolute Gasteiger partial charge is 0.253 e. The van der Waals surface area contributed by atoms with Crippen molar-refractivity contribution in [1.82, 2.24) is 15.2 Å². The Morgan fingerprint density at radius 2 is 2.20 bits per heavy atom. The predicted molar refractivity (Wildman–Crippen MR) is 81.0 cm³/mol. The molecule has 1 aromatic heterocycles. The molecule has 110 valence electrons. The highest BCUT2D eigenvalue weighted by Gasteiger charge is 2.19. The lowest BCUT2D eigenvalue weighted by atomic mass is 10.2. The molecular weight excluding hydrogens is 252 g/mol. The van der Waals surface area contributed by atoms with Gasteiger partial charge >= 0.3 is 0 Å². The highest BCUT2D eigenvalue weighted by Crippen LogP contribution is 2.21. The van der Waals surface area contributed by atoms with Gasteiger partial charge in [0.25, 0.3) is 5.91 Å². The van der Waals surface area contributed by atoms with E-state index < -0.39 is 0 Å². The molecule has 5 heteroatoms. The molecule has 2 rings (SSSR count). The number of amides is 1. The van der Waals surface area contributed by atoms with E-state index in [4.69, 9.17) is 0 Å². The third-order valence-electron chi connectivity index (χ3n) is 4.03. The summed E-state index contributed by atoms with van der Waals surface area (Å²) in [6, 6.07) is 2.43. The lowest BCUT2D eigenvalue weighted by molar-refractivity contribution is 0.0948. The van der Waals surface area contributed by atoms with Crippen molar-refractivity contribution in [3.63, 3.8) is 0 Å². The lowest BCUT2D eigenvalue weighted by Crippen LogP contribution is -2.37. The summed E-state index contributed by atoms with van der Waals surface area (Å²) in [5, 5.41) is 5.97. The number of carbonyl (C=O) groups is 1. The Labute approximate surface area is 120 Å². The van der Waals surface area contributed by atoms with Gasteiger partial charge in [0, 0.05) is 32.4 Å². The number of carbonyl (C=O) groups excluding carboxylic acids is 1. The maximum absolute atomic E-state index is 12.1. The van der Waals surface area contributed by atoms with Crippen LogP contribution < -0.4 is 10.6 Å². The quantitative estimate of drug-likeness (QED) is 0.831. The minimum atomic E-state index is -0.0448. The van der Waals surface area contributed by atoms with Gasteiger partial charge in [-0.1, -0.05) is 12.8 Å². The molecule has 1 aromatic rings. The van der Waals surface area contributed by atoms with Crippen LogP contribution in [0.5, 0.6) is 0 Å². The highest BCUT2D eigenvalue weighted by molar-refractivity contribution is 5.99. The minimum absolute atomic E-state index is 0.0448. The van der Waals surface area contributed by atoms with Crippen molar-refractivity contribution >= 4 is 11.6 Å². The number of aromatic nitrogens is 1. The zero-order chi connectivity index (χ0) is 14.4. The Morgan fingerprint density at radius 3 is 2.90 bits per heavy atom. The second-order valence-electron chi connectivity index (χ2n) is 5.35. The monoisotopic (exact) mass is 276 g/mol. The summed E-state index contributed by atoms with van der Waals surface area (Å²) in [4.78, 5) is 18.5. The van der Waals surface area contributed by atoms with Gasteiger partial charge in [-0.15, -0.1) is 0 Å². The molecule has 2 N–H and O–H groups in total. The molecular formula is C15H24N4O. The van der Waals surface area contributed by atoms with Crippen LogP contribution in [0.4, 0.5) is 5.69 Å². The fourth-order valence-electron chi connectivity index (χ4n) is 2.76. The standard InChI is InChI=1S/C15H24N4O/c1-16-14-11-17-8-7-13(14)15(20)18-9-10-19(2)12-5-3-4-6-12/h7-8,11-12,16H,3-6,9-10H2,1-2H3,(H,18,20). The Hall–Kier alpha value is -1.62. The first kappa shape index (κ1) is 14.8. The minimum Gasteiger partial charge on any atom is -0.386 e. The van der Waals surface area contributed by atoms with Crippen molar-refractivity contribution < 1.29 is 4.79 Å². The van der Waals surface area contributed by atoms with E-state index in [-0.39, 0.29) is 5.91 Å². The number of pyridine rings is 1. The van der Waals surface area contributed by atoms with Crippen molar-refractivity contribution in [2.24, 2.45) is 0 Å². The molecule has 0 bridgehead atoms. The molecule has 0 atom stereocenters. The van der Waals surface area contributed by atoms with Crippen molar-refractivity contribution in [3.8, 4) is 0 Å². The predicted octanol–water partition coefficient (Wildman–Crippen LogP) is 1.73. The SMILES string of the molecule is CNc1cnccc1C(=O)NCCN(C)C1CCCC1. The average Bonchev–Trinajstić information content (AvgIpc) is 3.01. The van der Waals surface area contributed by atoms with Gasteiger partial charge in [-0.25, -0.2) is 0 Å². The highest BCUT2D eigenvalue weighted by atomic mass is 16.1. The fraction of sp³-hybridized carbons (Fsp3) is 0.600. The second kappa shape index (κ2) is 7.24. The van der Waals surface area contributed by atoms with Gasteiger partial charge in [-0.2, -0.15) is 0 Å². The molecule has 0 aromatic carbocycles. The molecule has 0 saturated heterocycles. The van der Waals surface area contributed by atoms with Gasteiger partial charge in [0.2, 0.25) is 0 Å². The van der Waals surface area contributed by atoms with E-state index in [1.54, 1.807) is 25.5 Å². The van der Waals surface area contributed by atoms with Gasteiger partial charge in [-0.05, 0) is 26.0 Å². The number of nitrogens with zero attached hydrogens (tertiary/aromatic N) is 2. The van der Waals surface area contributed by atoms with E-state index >= 15 is 0 Å². The van der Waals surface area contributed by atoms with E-state index in [9.17, 15) is 4.79 Å². The lowest BCUT2D eigenvalue weighted by Gasteiger charge is -2.24. The summed E-state index contributed by atoms with van der Waals surface area (Å²) in [5.41, 5.74) is 1.40. The second-order valence-corrected chi connectivity index (χ2v) is 5.35. The summed E-state index contributed by atoms with van der Waals surface area (Å²) < 4.78 is 0. The van der Waals surface area contributed by atoms with Crippen LogP contribution in [0.3, 0.4) is 0 Å². The number of hydrogen-bond donors (Lipinski definition) is 2. The van der Waals surface area contributed by atoms with E-state index in [2.05, 4.69) is 27.6 Å². The van der Waals surface area contributed by atoms with Crippen LogP contribution in [0.2, 0.25) is 0 Å². The van der Waals surface area contributed by atoms with Crippen molar-refractivity contribution in [2.75, 3.05) is 32.5 Å². The van der Waals surface area contributed by atoms with Crippen LogP contribution in [-0.4, -0.2) is 49.0 Å². The van der Waals surface area contributed by atoms with Crippen LogP contribution >= 0.6 is 0 Å². The molecule has 0 aliphatic heterocycles. The van der Waals surface area contributed by atoms with Crippen LogP contribution in [0, 0.1) is 0 Å². The summed E-state index contributed by atoms with van der Waals surface area (Å²) in [7, 11) is 3.94. The van der Waals surface area contributed by atoms with Crippen LogP contribution in [0.1, 0.15) is 36.0 Å². The first-order valence-corrected chi connectivity index (χ1v) is 7.32. The summed E-state index contributed by atoms with van der Waals surface area (Å²) in [6.45, 7) is 1.58. The topological polar surface area (TPSA) is 57.3 Å². The third-order valence-corrected chi connectivity index (χ3v) is 4.03. The number of rotatable bonds is 6. The first-order valence-electron chi connectivity index (χ1n) is 7.32. The fourth-order valence-corrected chi connectivity index (χ4v) is 2.76. The van der Waals surface area contributed by atoms with E-state index in [0.29, 0.717) is 18.2 Å². The molecule has 20 heavy (non-hydrogen) atoms. The zero-order valence-electron chi connectivity index (χ0n) is 12.4. The Bertz CT molecular complexity index is 443. The first-order chi connectivity index (χ1) is 9.72. The summed E-state index contributed by atoms with van der Waals surface area (Å²) in [5.74, 6) is -0.0448. The number of hydrogen-bond acceptors (Lipinski definition) is 4. The van der Waals surface area contributed by atoms with Crippen molar-refractivity contribution in [2.45, 2.75) is 31.7 Å². The van der Waals surface area contributed by atoms with Crippen molar-refractivity contribution in [3.05, 3.63) is 24.0 Å². The van der Waals surface area contributed by atoms with Gasteiger partial charge in [0.1, 0.15) is 0 Å². The largest absolute Gasteiger partial charge is 0.386 e. The molecule has 0 spiro atoms. The molecule has 1 saturated carbocycles.